The Balaban J connectivity index is 1.13. The highest BCUT2D eigenvalue weighted by Crippen LogP contribution is 2.39. The molecule has 0 atom stereocenters. The zero-order chi connectivity index (χ0) is 41.7. The lowest BCUT2D eigenvalue weighted by atomic mass is 10.1. The smallest absolute Gasteiger partial charge is 0.179 e. The maximum absolute atomic E-state index is 6.58. The summed E-state index contributed by atoms with van der Waals surface area (Å²) in [6, 6.07) is 82.2. The van der Waals surface area contributed by atoms with Crippen LogP contribution in [0.2, 0.25) is 0 Å². The van der Waals surface area contributed by atoms with Crippen LogP contribution in [0.25, 0.3) is 83.6 Å². The third kappa shape index (κ3) is 6.10. The number of hydrogen-bond acceptors (Lipinski definition) is 4. The molecule has 9 aromatic carbocycles. The number of hydrogen-bond donors (Lipinski definition) is 0. The number of benzene rings is 9. The van der Waals surface area contributed by atoms with Crippen molar-refractivity contribution in [2.24, 2.45) is 0 Å². The third-order valence-electron chi connectivity index (χ3n) is 12.4. The van der Waals surface area contributed by atoms with Gasteiger partial charge in [-0.05, 0) is 57.1 Å². The summed E-state index contributed by atoms with van der Waals surface area (Å²) in [6.45, 7) is 0. The first-order valence-electron chi connectivity index (χ1n) is 21.3. The van der Waals surface area contributed by atoms with E-state index in [9.17, 15) is 0 Å². The lowest BCUT2D eigenvalue weighted by molar-refractivity contribution is 0.669. The first-order valence-corrected chi connectivity index (χ1v) is 23.3. The minimum Gasteiger partial charge on any atom is -0.456 e. The summed E-state index contributed by atoms with van der Waals surface area (Å²) < 4.78 is 8.98. The first-order chi connectivity index (χ1) is 31.2. The van der Waals surface area contributed by atoms with Crippen LogP contribution in [0.15, 0.2) is 235 Å². The van der Waals surface area contributed by atoms with Gasteiger partial charge in [-0.25, -0.2) is 15.0 Å². The SMILES string of the molecule is c1ccc(-c2nc(-c3ccccc3)nc(-c3cccc(-n4c5ccc([Si](c6ccccc6)(c6ccccc6)c6ccccc6)cc5c5cc6oc7ccccc7c6cc54)c3)n2)cc1. The van der Waals surface area contributed by atoms with Crippen LogP contribution in [0.5, 0.6) is 0 Å². The van der Waals surface area contributed by atoms with E-state index >= 15 is 0 Å². The van der Waals surface area contributed by atoms with Crippen LogP contribution in [-0.2, 0) is 0 Å². The molecule has 63 heavy (non-hydrogen) atoms. The number of furan rings is 1. The average molecular weight is 823 g/mol. The molecule has 0 radical (unpaired) electrons. The molecule has 0 bridgehead atoms. The summed E-state index contributed by atoms with van der Waals surface area (Å²) in [5.41, 5.74) is 7.71. The van der Waals surface area contributed by atoms with Gasteiger partial charge in [0.15, 0.2) is 25.5 Å². The van der Waals surface area contributed by atoms with Crippen LogP contribution >= 0.6 is 0 Å². The Hall–Kier alpha value is -8.19. The van der Waals surface area contributed by atoms with E-state index in [4.69, 9.17) is 19.4 Å². The molecule has 0 N–H and O–H groups in total. The minimum atomic E-state index is -2.83. The van der Waals surface area contributed by atoms with Crippen LogP contribution < -0.4 is 20.7 Å². The van der Waals surface area contributed by atoms with Gasteiger partial charge in [-0.15, -0.1) is 0 Å². The predicted molar refractivity (Wildman–Crippen MR) is 261 cm³/mol. The highest BCUT2D eigenvalue weighted by molar-refractivity contribution is 7.20. The molecule has 0 aliphatic rings. The first kappa shape index (κ1) is 36.6. The van der Waals surface area contributed by atoms with E-state index in [1.165, 1.54) is 20.7 Å². The molecule has 296 valence electrons. The van der Waals surface area contributed by atoms with Crippen molar-refractivity contribution in [1.29, 1.82) is 0 Å². The number of nitrogens with zero attached hydrogens (tertiary/aromatic N) is 4. The molecule has 0 unspecified atom stereocenters. The van der Waals surface area contributed by atoms with Crippen molar-refractivity contribution in [3.05, 3.63) is 231 Å². The maximum atomic E-state index is 6.58. The second-order valence-electron chi connectivity index (χ2n) is 16.0. The Bertz CT molecular complexity index is 3450. The monoisotopic (exact) mass is 822 g/mol. The van der Waals surface area contributed by atoms with Crippen LogP contribution in [0, 0.1) is 0 Å². The zero-order valence-corrected chi connectivity index (χ0v) is 35.1. The lowest BCUT2D eigenvalue weighted by Crippen LogP contribution is -2.74. The fraction of sp³-hybridized carbons (Fsp3) is 0. The lowest BCUT2D eigenvalue weighted by Gasteiger charge is -2.34. The third-order valence-corrected chi connectivity index (χ3v) is 17.2. The van der Waals surface area contributed by atoms with Crippen molar-refractivity contribution < 1.29 is 4.42 Å². The molecule has 5 nitrogen and oxygen atoms in total. The minimum absolute atomic E-state index is 0.611. The summed E-state index contributed by atoms with van der Waals surface area (Å²) in [5, 5.41) is 9.77. The van der Waals surface area contributed by atoms with Gasteiger partial charge in [0.25, 0.3) is 0 Å². The number of fused-ring (bicyclic) bond motifs is 6. The van der Waals surface area contributed by atoms with Crippen molar-refractivity contribution in [3.8, 4) is 39.9 Å². The van der Waals surface area contributed by atoms with Crippen molar-refractivity contribution in [1.82, 2.24) is 19.5 Å². The van der Waals surface area contributed by atoms with Gasteiger partial charge in [-0.1, -0.05) is 194 Å². The van der Waals surface area contributed by atoms with Crippen LogP contribution in [0.4, 0.5) is 0 Å². The second-order valence-corrected chi connectivity index (χ2v) is 19.8. The van der Waals surface area contributed by atoms with E-state index in [-0.39, 0.29) is 0 Å². The topological polar surface area (TPSA) is 56.7 Å². The number of aromatic nitrogens is 4. The van der Waals surface area contributed by atoms with Gasteiger partial charge in [0, 0.05) is 43.9 Å². The molecule has 0 amide bonds. The Kier molecular flexibility index (Phi) is 8.76. The van der Waals surface area contributed by atoms with E-state index in [1.54, 1.807) is 0 Å². The molecule has 0 fully saturated rings. The second kappa shape index (κ2) is 15.1. The number of rotatable bonds is 8. The summed E-state index contributed by atoms with van der Waals surface area (Å²) in [5.74, 6) is 1.87. The van der Waals surface area contributed by atoms with Gasteiger partial charge in [0.1, 0.15) is 11.2 Å². The standard InChI is InChI=1S/C57H38N4OSi/c1-6-19-39(20-7-1)55-58-56(40-21-8-2-9-22-40)60-57(59-55)41-23-18-24-42(35-41)61-51-34-33-46(36-48(51)49-38-54-50(37-52(49)61)47-31-16-17-32-53(47)62-54)63(43-25-10-3-11-26-43,44-27-12-4-13-28-44)45-29-14-5-15-30-45/h1-38H. The summed E-state index contributed by atoms with van der Waals surface area (Å²) in [4.78, 5) is 15.2. The van der Waals surface area contributed by atoms with E-state index < -0.39 is 8.07 Å². The maximum Gasteiger partial charge on any atom is 0.179 e. The van der Waals surface area contributed by atoms with E-state index in [1.807, 2.05) is 66.7 Å². The predicted octanol–water partition coefficient (Wildman–Crippen LogP) is 11.2. The van der Waals surface area contributed by atoms with E-state index in [0.29, 0.717) is 17.5 Å². The highest BCUT2D eigenvalue weighted by atomic mass is 28.3. The van der Waals surface area contributed by atoms with Crippen LogP contribution in [-0.4, -0.2) is 27.6 Å². The summed E-state index contributed by atoms with van der Waals surface area (Å²) in [6.07, 6.45) is 0. The zero-order valence-electron chi connectivity index (χ0n) is 34.1. The van der Waals surface area contributed by atoms with Crippen molar-refractivity contribution in [2.75, 3.05) is 0 Å². The van der Waals surface area contributed by atoms with Crippen LogP contribution in [0.1, 0.15) is 0 Å². The molecule has 6 heteroatoms. The fourth-order valence-corrected chi connectivity index (χ4v) is 14.3. The van der Waals surface area contributed by atoms with Crippen molar-refractivity contribution in [2.45, 2.75) is 0 Å². The Morgan fingerprint density at radius 2 is 0.810 bits per heavy atom. The highest BCUT2D eigenvalue weighted by Gasteiger charge is 2.41. The van der Waals surface area contributed by atoms with Gasteiger partial charge in [-0.3, -0.25) is 0 Å². The van der Waals surface area contributed by atoms with E-state index in [2.05, 4.69) is 168 Å². The Labute approximate surface area is 365 Å². The molecule has 0 saturated carbocycles. The van der Waals surface area contributed by atoms with Gasteiger partial charge in [0.2, 0.25) is 0 Å². The molecule has 12 aromatic rings. The molecule has 3 aromatic heterocycles. The normalized spacial score (nSPS) is 11.8. The molecule has 12 rings (SSSR count). The molecule has 0 spiro atoms. The average Bonchev–Trinajstić information content (AvgIpc) is 3.89. The molecule has 0 saturated heterocycles. The summed E-state index contributed by atoms with van der Waals surface area (Å²) in [7, 11) is -2.83. The van der Waals surface area contributed by atoms with Crippen molar-refractivity contribution in [3.63, 3.8) is 0 Å². The number of para-hydroxylation sites is 1. The molecular weight excluding hydrogens is 785 g/mol. The largest absolute Gasteiger partial charge is 0.456 e. The quantitative estimate of drug-likeness (QED) is 0.113. The van der Waals surface area contributed by atoms with E-state index in [0.717, 1.165) is 66.1 Å². The fourth-order valence-electron chi connectivity index (χ4n) is 9.53. The molecular formula is C57H38N4OSi. The van der Waals surface area contributed by atoms with Gasteiger partial charge >= 0.3 is 0 Å². The molecule has 3 heterocycles. The van der Waals surface area contributed by atoms with Crippen LogP contribution in [0.3, 0.4) is 0 Å². The summed E-state index contributed by atoms with van der Waals surface area (Å²) >= 11 is 0. The van der Waals surface area contributed by atoms with Gasteiger partial charge in [-0.2, -0.15) is 0 Å². The molecule has 0 aliphatic heterocycles. The Morgan fingerprint density at radius 3 is 1.40 bits per heavy atom. The van der Waals surface area contributed by atoms with Gasteiger partial charge < -0.3 is 8.98 Å². The van der Waals surface area contributed by atoms with Gasteiger partial charge in [0.05, 0.1) is 11.0 Å². The molecule has 0 aliphatic carbocycles. The van der Waals surface area contributed by atoms with Crippen molar-refractivity contribution >= 4 is 72.6 Å². The Morgan fingerprint density at radius 1 is 0.317 bits per heavy atom.